The number of fused-ring (bicyclic) bond motifs is 1. The fourth-order valence-corrected chi connectivity index (χ4v) is 3.93. The molecule has 0 aliphatic carbocycles. The van der Waals surface area contributed by atoms with Crippen LogP contribution in [0.3, 0.4) is 0 Å². The van der Waals surface area contributed by atoms with Gasteiger partial charge in [-0.15, -0.1) is 0 Å². The number of anilines is 1. The van der Waals surface area contributed by atoms with Crippen LogP contribution in [0.5, 0.6) is 0 Å². The average molecular weight is 436 g/mol. The van der Waals surface area contributed by atoms with Gasteiger partial charge in [0, 0.05) is 33.6 Å². The van der Waals surface area contributed by atoms with Crippen LogP contribution in [0.2, 0.25) is 0 Å². The molecule has 0 saturated heterocycles. The van der Waals surface area contributed by atoms with Gasteiger partial charge in [-0.05, 0) is 84.7 Å². The number of hydrogen-bond donors (Lipinski definition) is 0. The zero-order valence-corrected chi connectivity index (χ0v) is 16.6. The average Bonchev–Trinajstić information content (AvgIpc) is 2.51. The Morgan fingerprint density at radius 1 is 1.29 bits per heavy atom. The van der Waals surface area contributed by atoms with Crippen molar-refractivity contribution in [2.24, 2.45) is 4.99 Å². The van der Waals surface area contributed by atoms with Crippen molar-refractivity contribution in [1.82, 2.24) is 0 Å². The normalized spacial score (nSPS) is 19.6. The minimum absolute atomic E-state index is 0.0369. The molecule has 0 spiro atoms. The standard InChI is InChI=1S/C20H22FIN2/c1-13-11-20(2,3)24(4)19-10-18(21)14(8-17(13)19)12-23-16-7-5-6-15(22)9-16/h5-10,12-13H,11H2,1-4H3. The van der Waals surface area contributed by atoms with Gasteiger partial charge in [-0.25, -0.2) is 4.39 Å². The van der Waals surface area contributed by atoms with E-state index in [1.807, 2.05) is 37.4 Å². The van der Waals surface area contributed by atoms with E-state index in [1.54, 1.807) is 12.3 Å². The lowest BCUT2D eigenvalue weighted by Gasteiger charge is -2.45. The van der Waals surface area contributed by atoms with Gasteiger partial charge in [-0.2, -0.15) is 0 Å². The molecule has 0 radical (unpaired) electrons. The third kappa shape index (κ3) is 3.34. The van der Waals surface area contributed by atoms with Crippen LogP contribution in [-0.2, 0) is 0 Å². The molecule has 0 N–H and O–H groups in total. The molecule has 0 aromatic heterocycles. The Balaban J connectivity index is 1.99. The molecule has 24 heavy (non-hydrogen) atoms. The first-order valence-electron chi connectivity index (χ1n) is 8.15. The number of nitrogens with zero attached hydrogens (tertiary/aromatic N) is 2. The van der Waals surface area contributed by atoms with Crippen molar-refractivity contribution in [1.29, 1.82) is 0 Å². The fraction of sp³-hybridized carbons (Fsp3) is 0.350. The van der Waals surface area contributed by atoms with Crippen LogP contribution in [0.4, 0.5) is 15.8 Å². The lowest BCUT2D eigenvalue weighted by Crippen LogP contribution is -2.45. The van der Waals surface area contributed by atoms with Gasteiger partial charge in [0.15, 0.2) is 0 Å². The van der Waals surface area contributed by atoms with Crippen LogP contribution < -0.4 is 4.90 Å². The summed E-state index contributed by atoms with van der Waals surface area (Å²) in [4.78, 5) is 6.62. The lowest BCUT2D eigenvalue weighted by atomic mass is 9.80. The molecular formula is C20H22FIN2. The van der Waals surface area contributed by atoms with Gasteiger partial charge >= 0.3 is 0 Å². The fourth-order valence-electron chi connectivity index (χ4n) is 3.40. The Hall–Kier alpha value is -1.43. The summed E-state index contributed by atoms with van der Waals surface area (Å²) in [6.07, 6.45) is 2.68. The Morgan fingerprint density at radius 3 is 2.75 bits per heavy atom. The summed E-state index contributed by atoms with van der Waals surface area (Å²) in [6, 6.07) is 11.5. The minimum Gasteiger partial charge on any atom is -0.369 e. The van der Waals surface area contributed by atoms with E-state index in [2.05, 4.69) is 53.3 Å². The maximum absolute atomic E-state index is 14.6. The minimum atomic E-state index is -0.222. The largest absolute Gasteiger partial charge is 0.369 e. The van der Waals surface area contributed by atoms with E-state index < -0.39 is 0 Å². The van der Waals surface area contributed by atoms with Crippen molar-refractivity contribution in [2.75, 3.05) is 11.9 Å². The van der Waals surface area contributed by atoms with E-state index in [4.69, 9.17) is 0 Å². The molecule has 1 atom stereocenters. The molecule has 1 aliphatic rings. The molecule has 0 fully saturated rings. The van der Waals surface area contributed by atoms with Crippen molar-refractivity contribution in [2.45, 2.75) is 38.6 Å². The third-order valence-corrected chi connectivity index (χ3v) is 5.58. The SMILES string of the molecule is CC1CC(C)(C)N(C)c2cc(F)c(C=Nc3cccc(I)c3)cc21. The number of halogens is 2. The van der Waals surface area contributed by atoms with Crippen LogP contribution in [0.15, 0.2) is 41.4 Å². The van der Waals surface area contributed by atoms with E-state index in [9.17, 15) is 4.39 Å². The maximum atomic E-state index is 14.6. The first-order chi connectivity index (χ1) is 11.3. The number of hydrogen-bond acceptors (Lipinski definition) is 2. The van der Waals surface area contributed by atoms with Crippen LogP contribution in [0, 0.1) is 9.39 Å². The predicted octanol–water partition coefficient (Wildman–Crippen LogP) is 5.90. The number of rotatable bonds is 2. The van der Waals surface area contributed by atoms with Gasteiger partial charge in [0.1, 0.15) is 5.82 Å². The van der Waals surface area contributed by atoms with Gasteiger partial charge in [0.05, 0.1) is 5.69 Å². The second-order valence-corrected chi connectivity index (χ2v) is 8.39. The molecule has 3 rings (SSSR count). The highest BCUT2D eigenvalue weighted by atomic mass is 127. The Bertz CT molecular complexity index is 798. The van der Waals surface area contributed by atoms with Crippen LogP contribution in [0.25, 0.3) is 0 Å². The molecule has 126 valence electrons. The van der Waals surface area contributed by atoms with E-state index in [0.717, 1.165) is 21.4 Å². The van der Waals surface area contributed by atoms with E-state index in [1.165, 1.54) is 5.56 Å². The van der Waals surface area contributed by atoms with Crippen molar-refractivity contribution in [3.63, 3.8) is 0 Å². The maximum Gasteiger partial charge on any atom is 0.134 e. The van der Waals surface area contributed by atoms with Gasteiger partial charge < -0.3 is 4.90 Å². The summed E-state index contributed by atoms with van der Waals surface area (Å²) >= 11 is 2.25. The molecule has 2 aromatic carbocycles. The summed E-state index contributed by atoms with van der Waals surface area (Å²) in [5, 5.41) is 0. The highest BCUT2D eigenvalue weighted by Crippen LogP contribution is 2.43. The first kappa shape index (κ1) is 17.4. The van der Waals surface area contributed by atoms with Gasteiger partial charge in [-0.3, -0.25) is 4.99 Å². The van der Waals surface area contributed by atoms with E-state index in [0.29, 0.717) is 11.5 Å². The summed E-state index contributed by atoms with van der Waals surface area (Å²) in [6.45, 7) is 6.62. The van der Waals surface area contributed by atoms with E-state index in [-0.39, 0.29) is 11.4 Å². The van der Waals surface area contributed by atoms with Crippen molar-refractivity contribution >= 4 is 40.2 Å². The zero-order chi connectivity index (χ0) is 17.5. The van der Waals surface area contributed by atoms with Crippen molar-refractivity contribution < 1.29 is 4.39 Å². The molecule has 1 aliphatic heterocycles. The second-order valence-electron chi connectivity index (χ2n) is 7.15. The Morgan fingerprint density at radius 2 is 2.04 bits per heavy atom. The third-order valence-electron chi connectivity index (χ3n) is 4.91. The van der Waals surface area contributed by atoms with Gasteiger partial charge in [-0.1, -0.05) is 13.0 Å². The van der Waals surface area contributed by atoms with Crippen LogP contribution in [-0.4, -0.2) is 18.8 Å². The number of aliphatic imine (C=N–C) groups is 1. The summed E-state index contributed by atoms with van der Waals surface area (Å²) in [5.74, 6) is 0.177. The summed E-state index contributed by atoms with van der Waals surface area (Å²) < 4.78 is 15.7. The summed E-state index contributed by atoms with van der Waals surface area (Å²) in [7, 11) is 2.05. The van der Waals surface area contributed by atoms with Crippen molar-refractivity contribution in [3.05, 3.63) is 56.9 Å². The molecule has 0 bridgehead atoms. The molecule has 2 aromatic rings. The molecule has 1 unspecified atom stereocenters. The molecule has 2 nitrogen and oxygen atoms in total. The quantitative estimate of drug-likeness (QED) is 0.423. The first-order valence-corrected chi connectivity index (χ1v) is 9.23. The second kappa shape index (κ2) is 6.47. The van der Waals surface area contributed by atoms with Gasteiger partial charge in [0.25, 0.3) is 0 Å². The Kier molecular flexibility index (Phi) is 4.69. The number of benzene rings is 2. The monoisotopic (exact) mass is 436 g/mol. The Labute approximate surface area is 156 Å². The van der Waals surface area contributed by atoms with E-state index >= 15 is 0 Å². The van der Waals surface area contributed by atoms with Crippen LogP contribution >= 0.6 is 22.6 Å². The van der Waals surface area contributed by atoms with Gasteiger partial charge in [0.2, 0.25) is 0 Å². The molecule has 1 heterocycles. The molecule has 0 amide bonds. The zero-order valence-electron chi connectivity index (χ0n) is 14.5. The molecule has 0 saturated carbocycles. The van der Waals surface area contributed by atoms with Crippen molar-refractivity contribution in [3.8, 4) is 0 Å². The molecule has 4 heteroatoms. The lowest BCUT2D eigenvalue weighted by molar-refractivity contribution is 0.394. The molecular weight excluding hydrogens is 414 g/mol. The topological polar surface area (TPSA) is 15.6 Å². The smallest absolute Gasteiger partial charge is 0.134 e. The summed E-state index contributed by atoms with van der Waals surface area (Å²) in [5.41, 5.74) is 3.61. The predicted molar refractivity (Wildman–Crippen MR) is 108 cm³/mol. The highest BCUT2D eigenvalue weighted by molar-refractivity contribution is 14.1. The highest BCUT2D eigenvalue weighted by Gasteiger charge is 2.34. The van der Waals surface area contributed by atoms with Crippen LogP contribution in [0.1, 0.15) is 44.2 Å².